The van der Waals surface area contributed by atoms with Crippen molar-refractivity contribution in [3.63, 3.8) is 0 Å². The van der Waals surface area contributed by atoms with E-state index in [0.29, 0.717) is 26.1 Å². The minimum atomic E-state index is -0.827. The Morgan fingerprint density at radius 1 is 1.39 bits per heavy atom. The fourth-order valence-corrected chi connectivity index (χ4v) is 2.71. The number of urea groups is 1. The third kappa shape index (κ3) is 3.13. The van der Waals surface area contributed by atoms with Gasteiger partial charge in [-0.15, -0.1) is 0 Å². The molecule has 0 aromatic carbocycles. The summed E-state index contributed by atoms with van der Waals surface area (Å²) >= 11 is 0. The molecule has 2 rings (SSSR count). The number of rotatable bonds is 4. The van der Waals surface area contributed by atoms with Crippen LogP contribution in [0.4, 0.5) is 4.79 Å². The molecule has 1 aliphatic heterocycles. The lowest BCUT2D eigenvalue weighted by Crippen LogP contribution is -2.54. The number of carboxylic acids is 1. The number of nitrogens with one attached hydrogen (secondary N) is 1. The van der Waals surface area contributed by atoms with E-state index >= 15 is 0 Å². The Kier molecular flexibility index (Phi) is 4.41. The highest BCUT2D eigenvalue weighted by atomic mass is 16.5. The van der Waals surface area contributed by atoms with Gasteiger partial charge in [0.05, 0.1) is 18.8 Å². The highest BCUT2D eigenvalue weighted by Gasteiger charge is 2.38. The molecular formula is C12H20N2O4. The predicted octanol–water partition coefficient (Wildman–Crippen LogP) is 0.814. The fourth-order valence-electron chi connectivity index (χ4n) is 2.71. The minimum absolute atomic E-state index is 0.0828. The van der Waals surface area contributed by atoms with E-state index in [-0.39, 0.29) is 24.6 Å². The lowest BCUT2D eigenvalue weighted by molar-refractivity contribution is -0.137. The Morgan fingerprint density at radius 2 is 2.22 bits per heavy atom. The molecule has 0 aromatic heterocycles. The van der Waals surface area contributed by atoms with Crippen molar-refractivity contribution in [1.82, 2.24) is 10.2 Å². The van der Waals surface area contributed by atoms with Crippen LogP contribution < -0.4 is 5.32 Å². The zero-order valence-electron chi connectivity index (χ0n) is 10.4. The van der Waals surface area contributed by atoms with Crippen LogP contribution in [0.25, 0.3) is 0 Å². The van der Waals surface area contributed by atoms with Crippen LogP contribution in [0.1, 0.15) is 32.1 Å². The summed E-state index contributed by atoms with van der Waals surface area (Å²) in [6.07, 6.45) is 3.91. The molecule has 2 aliphatic rings. The predicted molar refractivity (Wildman–Crippen MR) is 64.4 cm³/mol. The molecule has 0 aromatic rings. The van der Waals surface area contributed by atoms with Gasteiger partial charge in [0, 0.05) is 19.5 Å². The average Bonchev–Trinajstić information content (AvgIpc) is 2.82. The molecule has 102 valence electrons. The van der Waals surface area contributed by atoms with Gasteiger partial charge in [-0.1, -0.05) is 0 Å². The smallest absolute Gasteiger partial charge is 0.317 e. The summed E-state index contributed by atoms with van der Waals surface area (Å²) < 4.78 is 5.64. The Morgan fingerprint density at radius 3 is 3.00 bits per heavy atom. The number of carbonyl (C=O) groups excluding carboxylic acids is 1. The molecule has 6 nitrogen and oxygen atoms in total. The Labute approximate surface area is 106 Å². The van der Waals surface area contributed by atoms with Crippen LogP contribution in [-0.4, -0.2) is 53.8 Å². The number of hydrogen-bond acceptors (Lipinski definition) is 3. The van der Waals surface area contributed by atoms with Crippen LogP contribution in [-0.2, 0) is 9.53 Å². The summed E-state index contributed by atoms with van der Waals surface area (Å²) in [5.74, 6) is -0.827. The van der Waals surface area contributed by atoms with E-state index < -0.39 is 5.97 Å². The summed E-state index contributed by atoms with van der Waals surface area (Å²) in [6, 6.07) is 0.124. The van der Waals surface area contributed by atoms with Gasteiger partial charge < -0.3 is 20.1 Å². The number of ether oxygens (including phenoxy) is 1. The molecule has 1 saturated carbocycles. The van der Waals surface area contributed by atoms with Crippen LogP contribution >= 0.6 is 0 Å². The molecule has 1 heterocycles. The summed E-state index contributed by atoms with van der Waals surface area (Å²) in [6.45, 7) is 1.65. The number of aliphatic carboxylic acids is 1. The second kappa shape index (κ2) is 6.04. The van der Waals surface area contributed by atoms with Gasteiger partial charge in [0.25, 0.3) is 0 Å². The van der Waals surface area contributed by atoms with E-state index in [1.807, 2.05) is 4.90 Å². The average molecular weight is 256 g/mol. The molecule has 2 fully saturated rings. The molecule has 0 spiro atoms. The molecule has 2 amide bonds. The first-order chi connectivity index (χ1) is 8.68. The van der Waals surface area contributed by atoms with Crippen molar-refractivity contribution in [2.24, 2.45) is 0 Å². The zero-order chi connectivity index (χ0) is 13.0. The second-order valence-electron chi connectivity index (χ2n) is 4.83. The molecule has 18 heavy (non-hydrogen) atoms. The number of carboxylic acid groups (broad SMARTS) is 1. The molecule has 6 heteroatoms. The minimum Gasteiger partial charge on any atom is -0.481 e. The van der Waals surface area contributed by atoms with Gasteiger partial charge in [-0.3, -0.25) is 4.79 Å². The number of morpholine rings is 1. The van der Waals surface area contributed by atoms with Crippen molar-refractivity contribution in [3.05, 3.63) is 0 Å². The van der Waals surface area contributed by atoms with Gasteiger partial charge in [0.15, 0.2) is 0 Å². The highest BCUT2D eigenvalue weighted by Crippen LogP contribution is 2.29. The van der Waals surface area contributed by atoms with Gasteiger partial charge >= 0.3 is 12.0 Å². The molecule has 2 N–H and O–H groups in total. The van der Waals surface area contributed by atoms with Crippen molar-refractivity contribution in [3.8, 4) is 0 Å². The quantitative estimate of drug-likeness (QED) is 0.730. The SMILES string of the molecule is O=C(O)CCCNC(=O)N1CCOC2CCCC21. The molecule has 0 bridgehead atoms. The van der Waals surface area contributed by atoms with Crippen LogP contribution in [0.2, 0.25) is 0 Å². The lowest BCUT2D eigenvalue weighted by atomic mass is 10.1. The largest absolute Gasteiger partial charge is 0.481 e. The van der Waals surface area contributed by atoms with Crippen molar-refractivity contribution in [2.75, 3.05) is 19.7 Å². The van der Waals surface area contributed by atoms with Crippen molar-refractivity contribution >= 4 is 12.0 Å². The molecule has 2 unspecified atom stereocenters. The summed E-state index contributed by atoms with van der Waals surface area (Å²) in [5, 5.41) is 11.3. The summed E-state index contributed by atoms with van der Waals surface area (Å²) in [7, 11) is 0. The molecular weight excluding hydrogens is 236 g/mol. The van der Waals surface area contributed by atoms with Gasteiger partial charge in [-0.05, 0) is 25.7 Å². The summed E-state index contributed by atoms with van der Waals surface area (Å²) in [5.41, 5.74) is 0. The Bertz CT molecular complexity index is 321. The van der Waals surface area contributed by atoms with E-state index in [2.05, 4.69) is 5.32 Å². The van der Waals surface area contributed by atoms with Crippen LogP contribution in [0.5, 0.6) is 0 Å². The van der Waals surface area contributed by atoms with Crippen molar-refractivity contribution in [2.45, 2.75) is 44.2 Å². The normalized spacial score (nSPS) is 26.8. The van der Waals surface area contributed by atoms with E-state index in [0.717, 1.165) is 19.3 Å². The zero-order valence-corrected chi connectivity index (χ0v) is 10.4. The number of hydrogen-bond donors (Lipinski definition) is 2. The van der Waals surface area contributed by atoms with Gasteiger partial charge in [-0.2, -0.15) is 0 Å². The molecule has 1 aliphatic carbocycles. The first kappa shape index (κ1) is 13.1. The Hall–Kier alpha value is -1.30. The van der Waals surface area contributed by atoms with Crippen LogP contribution in [0.15, 0.2) is 0 Å². The third-order valence-corrected chi connectivity index (χ3v) is 3.59. The maximum absolute atomic E-state index is 12.0. The molecule has 2 atom stereocenters. The lowest BCUT2D eigenvalue weighted by Gasteiger charge is -2.37. The van der Waals surface area contributed by atoms with E-state index in [4.69, 9.17) is 9.84 Å². The second-order valence-corrected chi connectivity index (χ2v) is 4.83. The monoisotopic (exact) mass is 256 g/mol. The van der Waals surface area contributed by atoms with Crippen LogP contribution in [0, 0.1) is 0 Å². The topological polar surface area (TPSA) is 78.9 Å². The standard InChI is InChI=1S/C12H20N2O4/c15-11(16)5-2-6-13-12(17)14-7-8-18-10-4-1-3-9(10)14/h9-10H,1-8H2,(H,13,17)(H,15,16). The first-order valence-corrected chi connectivity index (χ1v) is 6.56. The number of amides is 2. The highest BCUT2D eigenvalue weighted by molar-refractivity contribution is 5.75. The van der Waals surface area contributed by atoms with Crippen molar-refractivity contribution in [1.29, 1.82) is 0 Å². The maximum Gasteiger partial charge on any atom is 0.317 e. The van der Waals surface area contributed by atoms with Crippen molar-refractivity contribution < 1.29 is 19.4 Å². The molecule has 0 radical (unpaired) electrons. The van der Waals surface area contributed by atoms with Gasteiger partial charge in [0.1, 0.15) is 0 Å². The van der Waals surface area contributed by atoms with Gasteiger partial charge in [0.2, 0.25) is 0 Å². The van der Waals surface area contributed by atoms with E-state index in [1.54, 1.807) is 0 Å². The third-order valence-electron chi connectivity index (χ3n) is 3.59. The van der Waals surface area contributed by atoms with Crippen LogP contribution in [0.3, 0.4) is 0 Å². The molecule has 1 saturated heterocycles. The van der Waals surface area contributed by atoms with Gasteiger partial charge in [-0.25, -0.2) is 4.79 Å². The number of carbonyl (C=O) groups is 2. The van der Waals surface area contributed by atoms with E-state index in [9.17, 15) is 9.59 Å². The fraction of sp³-hybridized carbons (Fsp3) is 0.833. The number of fused-ring (bicyclic) bond motifs is 1. The first-order valence-electron chi connectivity index (χ1n) is 6.56. The summed E-state index contributed by atoms with van der Waals surface area (Å²) in [4.78, 5) is 24.2. The van der Waals surface area contributed by atoms with E-state index in [1.165, 1.54) is 0 Å². The Balaban J connectivity index is 1.75. The number of nitrogens with zero attached hydrogens (tertiary/aromatic N) is 1. The maximum atomic E-state index is 12.0.